The molecule has 0 saturated heterocycles. The first-order valence-electron chi connectivity index (χ1n) is 7.16. The summed E-state index contributed by atoms with van der Waals surface area (Å²) in [4.78, 5) is 11.7. The van der Waals surface area contributed by atoms with E-state index in [-0.39, 0.29) is 5.22 Å². The Morgan fingerprint density at radius 2 is 1.83 bits per heavy atom. The minimum Gasteiger partial charge on any atom is -0.497 e. The lowest BCUT2D eigenvalue weighted by Crippen LogP contribution is -2.18. The van der Waals surface area contributed by atoms with Crippen molar-refractivity contribution in [2.75, 3.05) is 7.11 Å². The normalized spacial score (nSPS) is 11.9. The SMILES string of the molecule is COc1ccc(-c2nnc(S[C@H](C(N)=O)c3ccccc3)o2)cc1. The lowest BCUT2D eigenvalue weighted by atomic mass is 10.1. The molecule has 3 aromatic rings. The Morgan fingerprint density at radius 1 is 1.12 bits per heavy atom. The summed E-state index contributed by atoms with van der Waals surface area (Å²) in [5.41, 5.74) is 7.06. The van der Waals surface area contributed by atoms with Crippen molar-refractivity contribution < 1.29 is 13.9 Å². The van der Waals surface area contributed by atoms with E-state index >= 15 is 0 Å². The van der Waals surface area contributed by atoms with Crippen molar-refractivity contribution in [3.63, 3.8) is 0 Å². The van der Waals surface area contributed by atoms with Gasteiger partial charge in [0.15, 0.2) is 0 Å². The summed E-state index contributed by atoms with van der Waals surface area (Å²) in [6.07, 6.45) is 0. The highest BCUT2D eigenvalue weighted by atomic mass is 32.2. The van der Waals surface area contributed by atoms with Gasteiger partial charge in [0.1, 0.15) is 11.0 Å². The molecule has 2 N–H and O–H groups in total. The quantitative estimate of drug-likeness (QED) is 0.693. The van der Waals surface area contributed by atoms with Gasteiger partial charge in [-0.3, -0.25) is 4.79 Å². The monoisotopic (exact) mass is 341 g/mol. The van der Waals surface area contributed by atoms with Gasteiger partial charge in [-0.2, -0.15) is 0 Å². The van der Waals surface area contributed by atoms with E-state index < -0.39 is 11.2 Å². The molecule has 0 saturated carbocycles. The van der Waals surface area contributed by atoms with Gasteiger partial charge in [0.25, 0.3) is 5.22 Å². The number of ether oxygens (including phenoxy) is 1. The van der Waals surface area contributed by atoms with Crippen LogP contribution in [0.4, 0.5) is 0 Å². The van der Waals surface area contributed by atoms with Crippen molar-refractivity contribution in [3.8, 4) is 17.2 Å². The number of methoxy groups -OCH3 is 1. The summed E-state index contributed by atoms with van der Waals surface area (Å²) >= 11 is 1.13. The Labute approximate surface area is 143 Å². The number of aromatic nitrogens is 2. The van der Waals surface area contributed by atoms with E-state index in [1.165, 1.54) is 0 Å². The lowest BCUT2D eigenvalue weighted by molar-refractivity contribution is -0.117. The fourth-order valence-corrected chi connectivity index (χ4v) is 2.95. The molecule has 1 heterocycles. The minimum atomic E-state index is -0.588. The standard InChI is InChI=1S/C17H15N3O3S/c1-22-13-9-7-12(8-10-13)16-19-20-17(23-16)24-14(15(18)21)11-5-3-2-4-6-11/h2-10,14H,1H3,(H2,18,21)/t14-/m0/s1. The molecule has 0 aliphatic rings. The van der Waals surface area contributed by atoms with Crippen LogP contribution in [0.3, 0.4) is 0 Å². The van der Waals surface area contributed by atoms with Gasteiger partial charge in [-0.05, 0) is 41.6 Å². The Kier molecular flexibility index (Phi) is 4.81. The number of carbonyl (C=O) groups excluding carboxylic acids is 1. The van der Waals surface area contributed by atoms with Gasteiger partial charge in [0.2, 0.25) is 11.8 Å². The molecular weight excluding hydrogens is 326 g/mol. The van der Waals surface area contributed by atoms with Crippen molar-refractivity contribution in [3.05, 3.63) is 60.2 Å². The molecule has 0 radical (unpaired) electrons. The van der Waals surface area contributed by atoms with Gasteiger partial charge < -0.3 is 14.9 Å². The third-order valence-corrected chi connectivity index (χ3v) is 4.43. The van der Waals surface area contributed by atoms with Crippen LogP contribution >= 0.6 is 11.8 Å². The van der Waals surface area contributed by atoms with Crippen molar-refractivity contribution in [1.29, 1.82) is 0 Å². The van der Waals surface area contributed by atoms with Gasteiger partial charge in [0, 0.05) is 5.56 Å². The van der Waals surface area contributed by atoms with E-state index in [9.17, 15) is 4.79 Å². The molecule has 1 amide bonds. The topological polar surface area (TPSA) is 91.2 Å². The van der Waals surface area contributed by atoms with E-state index in [1.54, 1.807) is 7.11 Å². The van der Waals surface area contributed by atoms with Crippen LogP contribution in [0.25, 0.3) is 11.5 Å². The van der Waals surface area contributed by atoms with Crippen LogP contribution in [0.5, 0.6) is 5.75 Å². The fraction of sp³-hybridized carbons (Fsp3) is 0.118. The second-order valence-corrected chi connectivity index (χ2v) is 5.97. The summed E-state index contributed by atoms with van der Waals surface area (Å²) in [6.45, 7) is 0. The van der Waals surface area contributed by atoms with E-state index in [1.807, 2.05) is 54.6 Å². The Balaban J connectivity index is 1.80. The van der Waals surface area contributed by atoms with Gasteiger partial charge in [0.05, 0.1) is 7.11 Å². The number of nitrogens with zero attached hydrogens (tertiary/aromatic N) is 2. The van der Waals surface area contributed by atoms with Crippen molar-refractivity contribution in [2.45, 2.75) is 10.5 Å². The molecule has 1 aromatic heterocycles. The molecule has 0 aliphatic carbocycles. The number of carbonyl (C=O) groups is 1. The third-order valence-electron chi connectivity index (χ3n) is 3.32. The zero-order chi connectivity index (χ0) is 16.9. The Morgan fingerprint density at radius 3 is 2.46 bits per heavy atom. The van der Waals surface area contributed by atoms with Gasteiger partial charge >= 0.3 is 0 Å². The molecule has 0 fully saturated rings. The molecule has 0 bridgehead atoms. The number of benzene rings is 2. The number of hydrogen-bond acceptors (Lipinski definition) is 6. The van der Waals surface area contributed by atoms with Crippen LogP contribution in [-0.4, -0.2) is 23.2 Å². The zero-order valence-corrected chi connectivity index (χ0v) is 13.7. The highest BCUT2D eigenvalue weighted by molar-refractivity contribution is 8.00. The predicted molar refractivity (Wildman–Crippen MR) is 90.5 cm³/mol. The zero-order valence-electron chi connectivity index (χ0n) is 12.9. The molecule has 24 heavy (non-hydrogen) atoms. The Hall–Kier alpha value is -2.80. The number of amides is 1. The third kappa shape index (κ3) is 3.57. The number of primary amides is 1. The van der Waals surface area contributed by atoms with E-state index in [4.69, 9.17) is 14.9 Å². The van der Waals surface area contributed by atoms with Crippen LogP contribution in [0.15, 0.2) is 64.2 Å². The summed E-state index contributed by atoms with van der Waals surface area (Å²) < 4.78 is 10.8. The van der Waals surface area contributed by atoms with Crippen LogP contribution < -0.4 is 10.5 Å². The molecule has 122 valence electrons. The largest absolute Gasteiger partial charge is 0.497 e. The van der Waals surface area contributed by atoms with Crippen molar-refractivity contribution in [1.82, 2.24) is 10.2 Å². The molecule has 6 nitrogen and oxygen atoms in total. The molecule has 1 atom stereocenters. The minimum absolute atomic E-state index is 0.286. The number of thioether (sulfide) groups is 1. The molecule has 0 aliphatic heterocycles. The smallest absolute Gasteiger partial charge is 0.277 e. The number of rotatable bonds is 6. The summed E-state index contributed by atoms with van der Waals surface area (Å²) in [5.74, 6) is 0.651. The molecule has 0 spiro atoms. The van der Waals surface area contributed by atoms with Crippen molar-refractivity contribution >= 4 is 17.7 Å². The first kappa shape index (κ1) is 16.1. The van der Waals surface area contributed by atoms with Gasteiger partial charge in [-0.1, -0.05) is 30.3 Å². The second-order valence-electron chi connectivity index (χ2n) is 4.91. The Bertz CT molecular complexity index is 819. The van der Waals surface area contributed by atoms with E-state index in [2.05, 4.69) is 10.2 Å². The van der Waals surface area contributed by atoms with Gasteiger partial charge in [-0.25, -0.2) is 0 Å². The van der Waals surface area contributed by atoms with Crippen LogP contribution in [0.1, 0.15) is 10.8 Å². The lowest BCUT2D eigenvalue weighted by Gasteiger charge is -2.10. The maximum atomic E-state index is 11.7. The maximum absolute atomic E-state index is 11.7. The molecule has 2 aromatic carbocycles. The maximum Gasteiger partial charge on any atom is 0.277 e. The molecular formula is C17H15N3O3S. The van der Waals surface area contributed by atoms with Crippen LogP contribution in [0, 0.1) is 0 Å². The molecule has 7 heteroatoms. The average Bonchev–Trinajstić information content (AvgIpc) is 3.09. The predicted octanol–water partition coefficient (Wildman–Crippen LogP) is 3.06. The summed E-state index contributed by atoms with van der Waals surface area (Å²) in [5, 5.41) is 7.71. The molecule has 3 rings (SSSR count). The summed E-state index contributed by atoms with van der Waals surface area (Å²) in [7, 11) is 1.60. The second kappa shape index (κ2) is 7.18. The summed E-state index contributed by atoms with van der Waals surface area (Å²) in [6, 6.07) is 16.5. The first-order chi connectivity index (χ1) is 11.7. The average molecular weight is 341 g/mol. The van der Waals surface area contributed by atoms with Crippen LogP contribution in [0.2, 0.25) is 0 Å². The van der Waals surface area contributed by atoms with E-state index in [0.29, 0.717) is 5.89 Å². The van der Waals surface area contributed by atoms with Crippen molar-refractivity contribution in [2.24, 2.45) is 5.73 Å². The first-order valence-corrected chi connectivity index (χ1v) is 8.04. The number of hydrogen-bond donors (Lipinski definition) is 1. The van der Waals surface area contributed by atoms with E-state index in [0.717, 1.165) is 28.6 Å². The fourth-order valence-electron chi connectivity index (χ4n) is 2.13. The number of nitrogens with two attached hydrogens (primary N) is 1. The van der Waals surface area contributed by atoms with Gasteiger partial charge in [-0.15, -0.1) is 10.2 Å². The van der Waals surface area contributed by atoms with Crippen LogP contribution in [-0.2, 0) is 4.79 Å². The molecule has 0 unspecified atom stereocenters. The highest BCUT2D eigenvalue weighted by Crippen LogP contribution is 2.35. The highest BCUT2D eigenvalue weighted by Gasteiger charge is 2.22.